The number of hydrogen-bond donors (Lipinski definition) is 4. The first-order chi connectivity index (χ1) is 18.0. The molecule has 1 saturated heterocycles. The average molecular weight is 495 g/mol. The molecule has 2 amide bonds. The Bertz CT molecular complexity index is 1610. The molecule has 2 aromatic carbocycles. The van der Waals surface area contributed by atoms with Crippen molar-refractivity contribution < 1.29 is 19.4 Å². The molecule has 2 atom stereocenters. The number of H-pyrrole nitrogens is 1. The summed E-state index contributed by atoms with van der Waals surface area (Å²) in [6, 6.07) is 14.7. The van der Waals surface area contributed by atoms with E-state index in [4.69, 9.17) is 4.74 Å². The number of carbonyl (C=O) groups excluding carboxylic acids is 2. The quantitative estimate of drug-likeness (QED) is 0.315. The van der Waals surface area contributed by atoms with Gasteiger partial charge in [-0.25, -0.2) is 5.32 Å². The van der Waals surface area contributed by atoms with E-state index in [-0.39, 0.29) is 12.5 Å². The molecule has 0 spiro atoms. The summed E-state index contributed by atoms with van der Waals surface area (Å²) in [6.07, 6.45) is 2.15. The number of carbonyl (C=O) groups is 2. The summed E-state index contributed by atoms with van der Waals surface area (Å²) in [6.45, 7) is 0.280. The third kappa shape index (κ3) is 3.96. The average Bonchev–Trinajstić information content (AvgIpc) is 3.56. The van der Waals surface area contributed by atoms with Crippen LogP contribution in [0, 0.1) is 11.8 Å². The number of ether oxygens (including phenoxy) is 1. The monoisotopic (exact) mass is 494 g/mol. The Balaban J connectivity index is 1.31. The summed E-state index contributed by atoms with van der Waals surface area (Å²) in [5.41, 5.74) is 3.04. The number of nitrogens with one attached hydrogen (secondary N) is 3. The predicted octanol–water partition coefficient (Wildman–Crippen LogP) is 1.38. The van der Waals surface area contributed by atoms with Crippen LogP contribution in [-0.2, 0) is 11.3 Å². The van der Waals surface area contributed by atoms with E-state index in [0.717, 1.165) is 27.7 Å². The number of nitrogens with zero attached hydrogens (tertiary/aromatic N) is 3. The van der Waals surface area contributed by atoms with Gasteiger partial charge in [0.05, 0.1) is 19.2 Å². The van der Waals surface area contributed by atoms with Crippen LogP contribution in [0.15, 0.2) is 60.9 Å². The van der Waals surface area contributed by atoms with Gasteiger partial charge >= 0.3 is 0 Å². The minimum Gasteiger partial charge on any atom is -0.497 e. The van der Waals surface area contributed by atoms with Crippen LogP contribution in [-0.4, -0.2) is 62.5 Å². The van der Waals surface area contributed by atoms with Crippen LogP contribution < -0.4 is 15.4 Å². The Morgan fingerprint density at radius 3 is 2.76 bits per heavy atom. The van der Waals surface area contributed by atoms with Crippen molar-refractivity contribution in [3.8, 4) is 28.8 Å². The number of methoxy groups -OCH3 is 1. The maximum Gasteiger partial charge on any atom is 0.257 e. The standard InChI is InChI=1S/C27H22N6O4/c1-37-19-4-3-18-14-33(24(34)21(18)13-19)15-27(25(35)29-26(36)30-27)9-6-16-2-5-20-22(12-16)31-32-23(20)17-7-10-28-11-8-17/h2-5,7-8,10-13,26,30,36H,14-15H2,1H3,(H,29,35)(H,31,32). The van der Waals surface area contributed by atoms with E-state index < -0.39 is 17.8 Å². The van der Waals surface area contributed by atoms with Gasteiger partial charge in [0.2, 0.25) is 0 Å². The lowest BCUT2D eigenvalue weighted by Gasteiger charge is -2.26. The lowest BCUT2D eigenvalue weighted by molar-refractivity contribution is -0.123. The van der Waals surface area contributed by atoms with Gasteiger partial charge in [-0.05, 0) is 48.0 Å². The number of aromatic nitrogens is 3. The smallest absolute Gasteiger partial charge is 0.257 e. The van der Waals surface area contributed by atoms with E-state index in [1.165, 1.54) is 7.11 Å². The first-order valence-electron chi connectivity index (χ1n) is 11.6. The molecule has 0 bridgehead atoms. The van der Waals surface area contributed by atoms with E-state index >= 15 is 0 Å². The fourth-order valence-corrected chi connectivity index (χ4v) is 4.72. The number of hydrogen-bond acceptors (Lipinski definition) is 7. The highest BCUT2D eigenvalue weighted by molar-refractivity contribution is 6.00. The largest absolute Gasteiger partial charge is 0.497 e. The molecule has 1 fully saturated rings. The SMILES string of the molecule is COc1ccc2c(c1)C(=O)N(CC1(C#Cc3ccc4c(-c5ccncc5)n[nH]c4c3)NC(O)NC1=O)C2. The molecule has 0 saturated carbocycles. The fraction of sp³-hybridized carbons (Fsp3) is 0.185. The van der Waals surface area contributed by atoms with Gasteiger partial charge in [0, 0.05) is 41.0 Å². The van der Waals surface area contributed by atoms with Crippen molar-refractivity contribution in [2.45, 2.75) is 18.4 Å². The predicted molar refractivity (Wildman–Crippen MR) is 134 cm³/mol. The van der Waals surface area contributed by atoms with Crippen molar-refractivity contribution in [2.24, 2.45) is 0 Å². The summed E-state index contributed by atoms with van der Waals surface area (Å²) in [5, 5.41) is 23.8. The molecule has 4 N–H and O–H groups in total. The van der Waals surface area contributed by atoms with Crippen LogP contribution in [0.4, 0.5) is 0 Å². The molecular formula is C27H22N6O4. The second-order valence-corrected chi connectivity index (χ2v) is 8.93. The maximum absolute atomic E-state index is 13.1. The zero-order valence-corrected chi connectivity index (χ0v) is 19.8. The summed E-state index contributed by atoms with van der Waals surface area (Å²) in [7, 11) is 1.54. The van der Waals surface area contributed by atoms with Gasteiger partial charge in [-0.3, -0.25) is 19.7 Å². The first-order valence-corrected chi connectivity index (χ1v) is 11.6. The van der Waals surface area contributed by atoms with Crippen LogP contribution in [0.5, 0.6) is 5.75 Å². The van der Waals surface area contributed by atoms with Gasteiger partial charge in [0.15, 0.2) is 11.9 Å². The lowest BCUT2D eigenvalue weighted by atomic mass is 9.98. The molecule has 0 aliphatic carbocycles. The number of pyridine rings is 1. The molecule has 2 aromatic heterocycles. The van der Waals surface area contributed by atoms with Crippen LogP contribution >= 0.6 is 0 Å². The molecule has 4 aromatic rings. The van der Waals surface area contributed by atoms with Crippen molar-refractivity contribution in [1.82, 2.24) is 30.7 Å². The minimum atomic E-state index is -1.49. The van der Waals surface area contributed by atoms with Gasteiger partial charge in [-0.15, -0.1) is 0 Å². The number of amides is 2. The van der Waals surface area contributed by atoms with Crippen molar-refractivity contribution >= 4 is 22.7 Å². The summed E-state index contributed by atoms with van der Waals surface area (Å²) in [4.78, 5) is 31.7. The molecule has 10 heteroatoms. The third-order valence-electron chi connectivity index (χ3n) is 6.60. The highest BCUT2D eigenvalue weighted by Crippen LogP contribution is 2.29. The Morgan fingerprint density at radius 1 is 1.16 bits per heavy atom. The number of aliphatic hydroxyl groups excluding tert-OH is 1. The maximum atomic E-state index is 13.1. The summed E-state index contributed by atoms with van der Waals surface area (Å²) >= 11 is 0. The van der Waals surface area contributed by atoms with Gasteiger partial charge in [0.25, 0.3) is 11.8 Å². The molecule has 2 aliphatic heterocycles. The topological polar surface area (TPSA) is 132 Å². The van der Waals surface area contributed by atoms with Crippen LogP contribution in [0.3, 0.4) is 0 Å². The third-order valence-corrected chi connectivity index (χ3v) is 6.60. The van der Waals surface area contributed by atoms with E-state index in [1.54, 1.807) is 29.4 Å². The highest BCUT2D eigenvalue weighted by Gasteiger charge is 2.48. The van der Waals surface area contributed by atoms with Crippen molar-refractivity contribution in [1.29, 1.82) is 0 Å². The van der Waals surface area contributed by atoms with Crippen LogP contribution in [0.25, 0.3) is 22.2 Å². The number of benzene rings is 2. The Kier molecular flexibility index (Phi) is 5.37. The van der Waals surface area contributed by atoms with Crippen molar-refractivity contribution in [3.05, 3.63) is 77.6 Å². The molecular weight excluding hydrogens is 472 g/mol. The van der Waals surface area contributed by atoms with Gasteiger partial charge < -0.3 is 20.1 Å². The summed E-state index contributed by atoms with van der Waals surface area (Å²) < 4.78 is 5.24. The van der Waals surface area contributed by atoms with Crippen LogP contribution in [0.2, 0.25) is 0 Å². The summed E-state index contributed by atoms with van der Waals surface area (Å²) in [5.74, 6) is 5.89. The van der Waals surface area contributed by atoms with Crippen molar-refractivity contribution in [2.75, 3.05) is 13.7 Å². The number of rotatable bonds is 4. The van der Waals surface area contributed by atoms with Gasteiger partial charge in [-0.1, -0.05) is 17.9 Å². The number of aromatic amines is 1. The fourth-order valence-electron chi connectivity index (χ4n) is 4.72. The molecule has 10 nitrogen and oxygen atoms in total. The van der Waals surface area contributed by atoms with Crippen molar-refractivity contribution in [3.63, 3.8) is 0 Å². The molecule has 184 valence electrons. The highest BCUT2D eigenvalue weighted by atomic mass is 16.5. The molecule has 2 unspecified atom stereocenters. The van der Waals surface area contributed by atoms with E-state index in [0.29, 0.717) is 23.4 Å². The normalized spacial score (nSPS) is 20.5. The van der Waals surface area contributed by atoms with Gasteiger partial charge in [-0.2, -0.15) is 5.10 Å². The molecule has 2 aliphatic rings. The van der Waals surface area contributed by atoms with E-state index in [1.807, 2.05) is 36.4 Å². The number of aliphatic hydroxyl groups is 1. The second-order valence-electron chi connectivity index (χ2n) is 8.93. The Hall–Kier alpha value is -4.72. The minimum absolute atomic E-state index is 0.0444. The Morgan fingerprint density at radius 2 is 2.00 bits per heavy atom. The molecule has 0 radical (unpaired) electrons. The second kappa shape index (κ2) is 8.74. The molecule has 4 heterocycles. The lowest BCUT2D eigenvalue weighted by Crippen LogP contribution is -2.54. The van der Waals surface area contributed by atoms with E-state index in [9.17, 15) is 14.7 Å². The van der Waals surface area contributed by atoms with E-state index in [2.05, 4.69) is 37.7 Å². The molecule has 6 rings (SSSR count). The molecule has 37 heavy (non-hydrogen) atoms. The van der Waals surface area contributed by atoms with Crippen LogP contribution in [0.1, 0.15) is 21.5 Å². The zero-order valence-electron chi connectivity index (χ0n) is 19.8. The number of fused-ring (bicyclic) bond motifs is 2. The Labute approximate surface area is 211 Å². The van der Waals surface area contributed by atoms with Gasteiger partial charge in [0.1, 0.15) is 11.4 Å². The zero-order chi connectivity index (χ0) is 25.6. The first kappa shape index (κ1) is 22.7.